The van der Waals surface area contributed by atoms with Crippen molar-refractivity contribution in [3.05, 3.63) is 59.7 Å². The number of hydrogen-bond acceptors (Lipinski definition) is 3. The fourth-order valence-corrected chi connectivity index (χ4v) is 2.12. The fourth-order valence-electron chi connectivity index (χ4n) is 2.12. The molecule has 0 unspecified atom stereocenters. The molecule has 0 saturated heterocycles. The topological polar surface area (TPSA) is 42.2 Å². The largest absolute Gasteiger partial charge is 0.364 e. The minimum Gasteiger partial charge on any atom is -0.364 e. The maximum atomic E-state index is 14.2. The minimum absolute atomic E-state index is 0.163. The first-order chi connectivity index (χ1) is 9.61. The predicted molar refractivity (Wildman–Crippen MR) is 80.0 cm³/mol. The van der Waals surface area contributed by atoms with Crippen molar-refractivity contribution in [1.82, 2.24) is 4.98 Å². The smallest absolute Gasteiger partial charge is 0.146 e. The summed E-state index contributed by atoms with van der Waals surface area (Å²) < 4.78 is 14.2. The third-order valence-electron chi connectivity index (χ3n) is 3.30. The van der Waals surface area contributed by atoms with Crippen molar-refractivity contribution in [3.63, 3.8) is 0 Å². The van der Waals surface area contributed by atoms with E-state index in [0.29, 0.717) is 18.8 Å². The lowest BCUT2D eigenvalue weighted by Crippen LogP contribution is -2.23. The van der Waals surface area contributed by atoms with Gasteiger partial charge in [-0.3, -0.25) is 4.98 Å². The van der Waals surface area contributed by atoms with Crippen LogP contribution in [-0.4, -0.2) is 11.5 Å². The van der Waals surface area contributed by atoms with E-state index in [1.165, 1.54) is 6.07 Å². The summed E-state index contributed by atoms with van der Waals surface area (Å²) in [5.74, 6) is -0.238. The molecule has 0 aliphatic carbocycles. The maximum absolute atomic E-state index is 14.2. The lowest BCUT2D eigenvalue weighted by molar-refractivity contribution is 0.612. The SMILES string of the molecule is CCN(Cc1ccccn1)c1ccc([C@H](C)N)cc1F. The predicted octanol–water partition coefficient (Wildman–Crippen LogP) is 3.27. The van der Waals surface area contributed by atoms with E-state index in [9.17, 15) is 4.39 Å². The molecule has 4 heteroatoms. The van der Waals surface area contributed by atoms with Crippen LogP contribution in [0.25, 0.3) is 0 Å². The summed E-state index contributed by atoms with van der Waals surface area (Å²) in [6, 6.07) is 10.8. The van der Waals surface area contributed by atoms with Crippen molar-refractivity contribution < 1.29 is 4.39 Å². The van der Waals surface area contributed by atoms with Crippen LogP contribution in [0, 0.1) is 5.82 Å². The Morgan fingerprint density at radius 1 is 1.30 bits per heavy atom. The molecule has 0 bridgehead atoms. The molecule has 1 aromatic heterocycles. The average molecular weight is 273 g/mol. The number of anilines is 1. The highest BCUT2D eigenvalue weighted by molar-refractivity contribution is 5.49. The average Bonchev–Trinajstić information content (AvgIpc) is 2.46. The third kappa shape index (κ3) is 3.33. The molecule has 0 aliphatic heterocycles. The Morgan fingerprint density at radius 3 is 2.65 bits per heavy atom. The number of benzene rings is 1. The molecule has 0 saturated carbocycles. The van der Waals surface area contributed by atoms with E-state index in [1.54, 1.807) is 12.3 Å². The Hall–Kier alpha value is -1.94. The first-order valence-corrected chi connectivity index (χ1v) is 6.81. The van der Waals surface area contributed by atoms with Gasteiger partial charge in [0, 0.05) is 18.8 Å². The molecule has 2 rings (SSSR count). The van der Waals surface area contributed by atoms with Gasteiger partial charge in [0.15, 0.2) is 0 Å². The molecule has 0 aliphatic rings. The van der Waals surface area contributed by atoms with Gasteiger partial charge >= 0.3 is 0 Å². The van der Waals surface area contributed by atoms with Crippen LogP contribution in [-0.2, 0) is 6.54 Å². The van der Waals surface area contributed by atoms with Crippen LogP contribution in [0.3, 0.4) is 0 Å². The van der Waals surface area contributed by atoms with Crippen LogP contribution in [0.4, 0.5) is 10.1 Å². The molecular weight excluding hydrogens is 253 g/mol. The molecule has 20 heavy (non-hydrogen) atoms. The second-order valence-corrected chi connectivity index (χ2v) is 4.83. The summed E-state index contributed by atoms with van der Waals surface area (Å²) in [5, 5.41) is 0. The van der Waals surface area contributed by atoms with Gasteiger partial charge in [0.25, 0.3) is 0 Å². The van der Waals surface area contributed by atoms with E-state index in [-0.39, 0.29) is 11.9 Å². The van der Waals surface area contributed by atoms with E-state index in [0.717, 1.165) is 11.3 Å². The monoisotopic (exact) mass is 273 g/mol. The van der Waals surface area contributed by atoms with Crippen LogP contribution in [0.5, 0.6) is 0 Å². The van der Waals surface area contributed by atoms with Gasteiger partial charge in [0.2, 0.25) is 0 Å². The van der Waals surface area contributed by atoms with Gasteiger partial charge in [-0.25, -0.2) is 4.39 Å². The van der Waals surface area contributed by atoms with Crippen LogP contribution in [0.2, 0.25) is 0 Å². The Labute approximate surface area is 119 Å². The van der Waals surface area contributed by atoms with Gasteiger partial charge in [-0.05, 0) is 43.7 Å². The molecule has 1 heterocycles. The summed E-state index contributed by atoms with van der Waals surface area (Å²) >= 11 is 0. The Bertz CT molecular complexity index is 555. The Kier molecular flexibility index (Phi) is 4.69. The molecule has 0 spiro atoms. The minimum atomic E-state index is -0.238. The van der Waals surface area contributed by atoms with Crippen molar-refractivity contribution in [2.75, 3.05) is 11.4 Å². The van der Waals surface area contributed by atoms with Gasteiger partial charge < -0.3 is 10.6 Å². The molecular formula is C16H20FN3. The summed E-state index contributed by atoms with van der Waals surface area (Å²) in [4.78, 5) is 6.24. The molecule has 106 valence electrons. The van der Waals surface area contributed by atoms with Gasteiger partial charge in [0.1, 0.15) is 5.82 Å². The fraction of sp³-hybridized carbons (Fsp3) is 0.312. The number of rotatable bonds is 5. The molecule has 0 fully saturated rings. The first kappa shape index (κ1) is 14.5. The van der Waals surface area contributed by atoms with Crippen molar-refractivity contribution in [2.45, 2.75) is 26.4 Å². The zero-order chi connectivity index (χ0) is 14.5. The number of nitrogens with zero attached hydrogens (tertiary/aromatic N) is 2. The highest BCUT2D eigenvalue weighted by Gasteiger charge is 2.12. The number of nitrogens with two attached hydrogens (primary N) is 1. The van der Waals surface area contributed by atoms with Crippen LogP contribution < -0.4 is 10.6 Å². The van der Waals surface area contributed by atoms with Gasteiger partial charge in [0.05, 0.1) is 17.9 Å². The second kappa shape index (κ2) is 6.48. The van der Waals surface area contributed by atoms with Crippen LogP contribution >= 0.6 is 0 Å². The standard InChI is InChI=1S/C16H20FN3/c1-3-20(11-14-6-4-5-9-19-14)16-8-7-13(12(2)18)10-15(16)17/h4-10,12H,3,11,18H2,1-2H3/t12-/m0/s1. The van der Waals surface area contributed by atoms with Gasteiger partial charge in [-0.2, -0.15) is 0 Å². The van der Waals surface area contributed by atoms with E-state index < -0.39 is 0 Å². The lowest BCUT2D eigenvalue weighted by atomic mass is 10.1. The second-order valence-electron chi connectivity index (χ2n) is 4.83. The van der Waals surface area contributed by atoms with E-state index in [4.69, 9.17) is 5.73 Å². The summed E-state index contributed by atoms with van der Waals surface area (Å²) in [6.45, 7) is 5.15. The number of halogens is 1. The van der Waals surface area contributed by atoms with Crippen LogP contribution in [0.15, 0.2) is 42.6 Å². The molecule has 2 N–H and O–H groups in total. The third-order valence-corrected chi connectivity index (χ3v) is 3.30. The number of hydrogen-bond donors (Lipinski definition) is 1. The summed E-state index contributed by atoms with van der Waals surface area (Å²) in [6.07, 6.45) is 1.75. The number of aromatic nitrogens is 1. The quantitative estimate of drug-likeness (QED) is 0.909. The molecule has 2 aromatic rings. The first-order valence-electron chi connectivity index (χ1n) is 6.81. The van der Waals surface area contributed by atoms with Crippen molar-refractivity contribution >= 4 is 5.69 Å². The van der Waals surface area contributed by atoms with E-state index in [1.807, 2.05) is 43.0 Å². The number of pyridine rings is 1. The zero-order valence-electron chi connectivity index (χ0n) is 11.9. The van der Waals surface area contributed by atoms with Crippen molar-refractivity contribution in [3.8, 4) is 0 Å². The molecule has 0 radical (unpaired) electrons. The molecule has 3 nitrogen and oxygen atoms in total. The zero-order valence-corrected chi connectivity index (χ0v) is 11.9. The van der Waals surface area contributed by atoms with Gasteiger partial charge in [-0.1, -0.05) is 12.1 Å². The van der Waals surface area contributed by atoms with Crippen molar-refractivity contribution in [2.24, 2.45) is 5.73 Å². The molecule has 1 aromatic carbocycles. The highest BCUT2D eigenvalue weighted by atomic mass is 19.1. The summed E-state index contributed by atoms with van der Waals surface area (Å²) in [7, 11) is 0. The summed E-state index contributed by atoms with van der Waals surface area (Å²) in [5.41, 5.74) is 8.09. The Balaban J connectivity index is 2.23. The van der Waals surface area contributed by atoms with E-state index >= 15 is 0 Å². The van der Waals surface area contributed by atoms with Crippen molar-refractivity contribution in [1.29, 1.82) is 0 Å². The van der Waals surface area contributed by atoms with E-state index in [2.05, 4.69) is 4.98 Å². The molecule has 1 atom stereocenters. The lowest BCUT2D eigenvalue weighted by Gasteiger charge is -2.24. The highest BCUT2D eigenvalue weighted by Crippen LogP contribution is 2.23. The van der Waals surface area contributed by atoms with Crippen LogP contribution in [0.1, 0.15) is 31.1 Å². The Morgan fingerprint density at radius 2 is 2.10 bits per heavy atom. The molecule has 0 amide bonds. The maximum Gasteiger partial charge on any atom is 0.146 e. The normalized spacial score (nSPS) is 12.2. The van der Waals surface area contributed by atoms with Gasteiger partial charge in [-0.15, -0.1) is 0 Å².